The average Bonchev–Trinajstić information content (AvgIpc) is 2.45. The molecule has 0 N–H and O–H groups in total. The molecule has 1 fully saturated rings. The summed E-state index contributed by atoms with van der Waals surface area (Å²) in [5.41, 5.74) is 1.40. The Balaban J connectivity index is 2.16. The van der Waals surface area contributed by atoms with E-state index in [1.807, 2.05) is 6.20 Å². The van der Waals surface area contributed by atoms with Crippen molar-refractivity contribution in [2.24, 2.45) is 0 Å². The molecule has 72 valence electrons. The van der Waals surface area contributed by atoms with Crippen molar-refractivity contribution in [3.05, 3.63) is 18.0 Å². The molecule has 2 rings (SSSR count). The first kappa shape index (κ1) is 8.75. The quantitative estimate of drug-likeness (QED) is 0.686. The summed E-state index contributed by atoms with van der Waals surface area (Å²) in [6.07, 6.45) is 1.91. The normalized spacial score (nSPS) is 19.4. The molecule has 1 aromatic rings. The standard InChI is InChI=1S/C10H17N3/c1-8(2)13-10(4-5-11-13)9-6-12(3)7-9/h4-5,8-9H,6-7H2,1-3H3. The number of rotatable bonds is 2. The Bertz CT molecular complexity index is 284. The molecule has 0 aliphatic carbocycles. The molecule has 0 radical (unpaired) electrons. The molecule has 2 heterocycles. The topological polar surface area (TPSA) is 21.1 Å². The summed E-state index contributed by atoms with van der Waals surface area (Å²) >= 11 is 0. The molecule has 0 spiro atoms. The smallest absolute Gasteiger partial charge is 0.0492 e. The summed E-state index contributed by atoms with van der Waals surface area (Å²) in [6.45, 7) is 6.72. The summed E-state index contributed by atoms with van der Waals surface area (Å²) in [5.74, 6) is 0.704. The van der Waals surface area contributed by atoms with Crippen molar-refractivity contribution in [3.8, 4) is 0 Å². The van der Waals surface area contributed by atoms with Crippen molar-refractivity contribution in [2.45, 2.75) is 25.8 Å². The third kappa shape index (κ3) is 1.48. The van der Waals surface area contributed by atoms with Gasteiger partial charge in [0.1, 0.15) is 0 Å². The highest BCUT2D eigenvalue weighted by Gasteiger charge is 2.27. The zero-order chi connectivity index (χ0) is 9.42. The van der Waals surface area contributed by atoms with Crippen molar-refractivity contribution < 1.29 is 0 Å². The highest BCUT2D eigenvalue weighted by molar-refractivity contribution is 5.13. The molecule has 0 amide bonds. The third-order valence-electron chi connectivity index (χ3n) is 2.67. The number of likely N-dealkylation sites (tertiary alicyclic amines) is 1. The molecule has 0 saturated carbocycles. The number of hydrogen-bond donors (Lipinski definition) is 0. The van der Waals surface area contributed by atoms with E-state index in [-0.39, 0.29) is 0 Å². The lowest BCUT2D eigenvalue weighted by molar-refractivity contribution is 0.181. The first-order valence-electron chi connectivity index (χ1n) is 4.90. The lowest BCUT2D eigenvalue weighted by Gasteiger charge is -2.36. The molecule has 0 unspecified atom stereocenters. The fourth-order valence-corrected chi connectivity index (χ4v) is 1.97. The molecule has 3 nitrogen and oxygen atoms in total. The second-order valence-corrected chi connectivity index (χ2v) is 4.21. The van der Waals surface area contributed by atoms with Crippen LogP contribution < -0.4 is 0 Å². The minimum absolute atomic E-state index is 0.482. The summed E-state index contributed by atoms with van der Waals surface area (Å²) in [5, 5.41) is 4.34. The monoisotopic (exact) mass is 179 g/mol. The van der Waals surface area contributed by atoms with Crippen LogP contribution in [0.1, 0.15) is 31.5 Å². The van der Waals surface area contributed by atoms with Crippen LogP contribution in [0, 0.1) is 0 Å². The zero-order valence-electron chi connectivity index (χ0n) is 8.57. The van der Waals surface area contributed by atoms with Crippen LogP contribution in [-0.2, 0) is 0 Å². The van der Waals surface area contributed by atoms with Gasteiger partial charge in [0.2, 0.25) is 0 Å². The van der Waals surface area contributed by atoms with E-state index in [9.17, 15) is 0 Å². The highest BCUT2D eigenvalue weighted by atomic mass is 15.3. The van der Waals surface area contributed by atoms with E-state index in [1.54, 1.807) is 0 Å². The maximum absolute atomic E-state index is 4.34. The van der Waals surface area contributed by atoms with Gasteiger partial charge in [-0.25, -0.2) is 0 Å². The van der Waals surface area contributed by atoms with E-state index in [4.69, 9.17) is 0 Å². The van der Waals surface area contributed by atoms with Gasteiger partial charge in [0, 0.05) is 36.9 Å². The van der Waals surface area contributed by atoms with Gasteiger partial charge in [0.05, 0.1) is 0 Å². The van der Waals surface area contributed by atoms with E-state index in [1.165, 1.54) is 18.8 Å². The Morgan fingerprint density at radius 1 is 1.46 bits per heavy atom. The van der Waals surface area contributed by atoms with Crippen LogP contribution in [0.15, 0.2) is 12.3 Å². The summed E-state index contributed by atoms with van der Waals surface area (Å²) in [4.78, 5) is 2.34. The van der Waals surface area contributed by atoms with Crippen LogP contribution in [0.4, 0.5) is 0 Å². The Labute approximate surface area is 79.3 Å². The molecule has 1 aliphatic rings. The molecule has 1 aromatic heterocycles. The minimum atomic E-state index is 0.482. The van der Waals surface area contributed by atoms with Gasteiger partial charge in [-0.1, -0.05) is 0 Å². The molecule has 13 heavy (non-hydrogen) atoms. The van der Waals surface area contributed by atoms with E-state index >= 15 is 0 Å². The minimum Gasteiger partial charge on any atom is -0.305 e. The van der Waals surface area contributed by atoms with E-state index in [0.717, 1.165) is 0 Å². The summed E-state index contributed by atoms with van der Waals surface area (Å²) in [7, 11) is 2.16. The van der Waals surface area contributed by atoms with Crippen molar-refractivity contribution in [1.29, 1.82) is 0 Å². The predicted molar refractivity (Wildman–Crippen MR) is 52.9 cm³/mol. The fourth-order valence-electron chi connectivity index (χ4n) is 1.97. The molecule has 1 aliphatic heterocycles. The third-order valence-corrected chi connectivity index (χ3v) is 2.67. The first-order chi connectivity index (χ1) is 6.18. The largest absolute Gasteiger partial charge is 0.305 e. The predicted octanol–water partition coefficient (Wildman–Crippen LogP) is 1.49. The van der Waals surface area contributed by atoms with Gasteiger partial charge in [-0.3, -0.25) is 4.68 Å². The fraction of sp³-hybridized carbons (Fsp3) is 0.700. The van der Waals surface area contributed by atoms with Gasteiger partial charge in [-0.15, -0.1) is 0 Å². The SMILES string of the molecule is CC(C)n1nccc1C1CN(C)C1. The Hall–Kier alpha value is -0.830. The van der Waals surface area contributed by atoms with Gasteiger partial charge < -0.3 is 4.90 Å². The Kier molecular flexibility index (Phi) is 2.12. The van der Waals surface area contributed by atoms with Crippen LogP contribution >= 0.6 is 0 Å². The molecule has 0 atom stereocenters. The highest BCUT2D eigenvalue weighted by Crippen LogP contribution is 2.26. The maximum atomic E-state index is 4.34. The number of likely N-dealkylation sites (N-methyl/N-ethyl adjacent to an activating group) is 1. The molecule has 3 heteroatoms. The van der Waals surface area contributed by atoms with E-state index in [2.05, 4.69) is 41.6 Å². The van der Waals surface area contributed by atoms with Gasteiger partial charge >= 0.3 is 0 Å². The van der Waals surface area contributed by atoms with Crippen LogP contribution in [0.5, 0.6) is 0 Å². The lowest BCUT2D eigenvalue weighted by atomic mass is 9.97. The summed E-state index contributed by atoms with van der Waals surface area (Å²) < 4.78 is 2.14. The number of aromatic nitrogens is 2. The van der Waals surface area contributed by atoms with Gasteiger partial charge in [0.25, 0.3) is 0 Å². The molecular formula is C10H17N3. The van der Waals surface area contributed by atoms with Crippen LogP contribution in [0.2, 0.25) is 0 Å². The lowest BCUT2D eigenvalue weighted by Crippen LogP contribution is -2.42. The van der Waals surface area contributed by atoms with Crippen LogP contribution in [0.25, 0.3) is 0 Å². The molecule has 0 aromatic carbocycles. The van der Waals surface area contributed by atoms with E-state index < -0.39 is 0 Å². The van der Waals surface area contributed by atoms with Crippen molar-refractivity contribution >= 4 is 0 Å². The van der Waals surface area contributed by atoms with Crippen molar-refractivity contribution in [3.63, 3.8) is 0 Å². The number of nitrogens with zero attached hydrogens (tertiary/aromatic N) is 3. The van der Waals surface area contributed by atoms with E-state index in [0.29, 0.717) is 12.0 Å². The molecular weight excluding hydrogens is 162 g/mol. The average molecular weight is 179 g/mol. The van der Waals surface area contributed by atoms with Crippen LogP contribution in [-0.4, -0.2) is 34.8 Å². The maximum Gasteiger partial charge on any atom is 0.0492 e. The summed E-state index contributed by atoms with van der Waals surface area (Å²) in [6, 6.07) is 2.63. The van der Waals surface area contributed by atoms with Gasteiger partial charge in [-0.2, -0.15) is 5.10 Å². The van der Waals surface area contributed by atoms with Gasteiger partial charge in [-0.05, 0) is 27.0 Å². The van der Waals surface area contributed by atoms with Crippen molar-refractivity contribution in [2.75, 3.05) is 20.1 Å². The first-order valence-corrected chi connectivity index (χ1v) is 4.90. The number of hydrogen-bond acceptors (Lipinski definition) is 2. The molecule has 1 saturated heterocycles. The molecule has 0 bridgehead atoms. The van der Waals surface area contributed by atoms with Crippen molar-refractivity contribution in [1.82, 2.24) is 14.7 Å². The van der Waals surface area contributed by atoms with Gasteiger partial charge in [0.15, 0.2) is 0 Å². The zero-order valence-corrected chi connectivity index (χ0v) is 8.57. The Morgan fingerprint density at radius 3 is 2.69 bits per heavy atom. The second kappa shape index (κ2) is 3.14. The second-order valence-electron chi connectivity index (χ2n) is 4.21. The Morgan fingerprint density at radius 2 is 2.15 bits per heavy atom. The van der Waals surface area contributed by atoms with Crippen LogP contribution in [0.3, 0.4) is 0 Å².